The summed E-state index contributed by atoms with van der Waals surface area (Å²) in [5.74, 6) is 5.85. The number of nitrogens with one attached hydrogen (secondary N) is 1. The van der Waals surface area contributed by atoms with Crippen LogP contribution < -0.4 is 5.56 Å². The Bertz CT molecular complexity index is 1280. The molecule has 3 nitrogen and oxygen atoms in total. The second-order valence-electron chi connectivity index (χ2n) is 5.91. The van der Waals surface area contributed by atoms with Crippen LogP contribution in [0.3, 0.4) is 0 Å². The molecule has 0 aliphatic rings. The Morgan fingerprint density at radius 2 is 1.59 bits per heavy atom. The van der Waals surface area contributed by atoms with Crippen molar-refractivity contribution in [3.05, 3.63) is 87.8 Å². The van der Waals surface area contributed by atoms with Gasteiger partial charge in [-0.3, -0.25) is 4.79 Å². The van der Waals surface area contributed by atoms with Crippen LogP contribution in [0.5, 0.6) is 0 Å². The number of H-pyrrole nitrogens is 1. The summed E-state index contributed by atoms with van der Waals surface area (Å²) < 4.78 is 38.0. The van der Waals surface area contributed by atoms with Crippen LogP contribution in [0.25, 0.3) is 21.8 Å². The summed E-state index contributed by atoms with van der Waals surface area (Å²) in [5, 5.41) is 1.95. The molecule has 0 unspecified atom stereocenters. The van der Waals surface area contributed by atoms with Crippen molar-refractivity contribution in [3.63, 3.8) is 0 Å². The molecule has 0 saturated heterocycles. The fraction of sp³-hybridized carbons (Fsp3) is 0.0476. The van der Waals surface area contributed by atoms with Crippen LogP contribution in [-0.2, 0) is 6.18 Å². The lowest BCUT2D eigenvalue weighted by molar-refractivity contribution is -0.137. The minimum absolute atomic E-state index is 0.238. The average Bonchev–Trinajstić information content (AvgIpc) is 2.66. The van der Waals surface area contributed by atoms with E-state index in [-0.39, 0.29) is 5.56 Å². The van der Waals surface area contributed by atoms with Crippen LogP contribution in [0.4, 0.5) is 13.2 Å². The number of benzene rings is 2. The van der Waals surface area contributed by atoms with E-state index in [1.807, 2.05) is 12.1 Å². The molecule has 0 radical (unpaired) electrons. The van der Waals surface area contributed by atoms with Crippen molar-refractivity contribution in [3.8, 4) is 11.8 Å². The van der Waals surface area contributed by atoms with Gasteiger partial charge in [-0.25, -0.2) is 4.98 Å². The summed E-state index contributed by atoms with van der Waals surface area (Å²) in [7, 11) is 0. The number of pyridine rings is 2. The Balaban J connectivity index is 1.86. The summed E-state index contributed by atoms with van der Waals surface area (Å²) in [6.07, 6.45) is -2.85. The maximum Gasteiger partial charge on any atom is 0.416 e. The molecule has 4 aromatic rings. The number of aromatic nitrogens is 2. The van der Waals surface area contributed by atoms with Crippen LogP contribution in [0.15, 0.2) is 65.6 Å². The third-order valence-corrected chi connectivity index (χ3v) is 4.18. The number of rotatable bonds is 0. The van der Waals surface area contributed by atoms with Crippen molar-refractivity contribution in [1.29, 1.82) is 0 Å². The number of aromatic amines is 1. The van der Waals surface area contributed by atoms with Crippen LogP contribution in [0, 0.1) is 11.8 Å². The van der Waals surface area contributed by atoms with E-state index < -0.39 is 11.7 Å². The SMILES string of the molecule is O=c1[nH]c2nccc(C#Cc3ccc(C(F)(F)F)cc3)c2c2ccccc12. The number of halogens is 3. The normalized spacial score (nSPS) is 11.4. The van der Waals surface area contributed by atoms with Gasteiger partial charge in [0.25, 0.3) is 5.56 Å². The van der Waals surface area contributed by atoms with Gasteiger partial charge in [0.15, 0.2) is 0 Å². The Kier molecular flexibility index (Phi) is 3.93. The monoisotopic (exact) mass is 364 g/mol. The standard InChI is InChI=1S/C21H11F3N2O/c22-21(23,24)15-9-6-13(7-10-15)5-8-14-11-12-25-19-18(14)16-3-1-2-4-17(16)20(27)26-19/h1-4,6-7,9-12H,(H,25,26,27). The fourth-order valence-electron chi connectivity index (χ4n) is 2.89. The van der Waals surface area contributed by atoms with Crippen LogP contribution in [0.2, 0.25) is 0 Å². The Labute approximate surface area is 151 Å². The van der Waals surface area contributed by atoms with E-state index in [0.717, 1.165) is 17.5 Å². The highest BCUT2D eigenvalue weighted by Crippen LogP contribution is 2.29. The third-order valence-electron chi connectivity index (χ3n) is 4.18. The minimum Gasteiger partial charge on any atom is -0.306 e. The number of hydrogen-bond donors (Lipinski definition) is 1. The Morgan fingerprint density at radius 3 is 2.30 bits per heavy atom. The van der Waals surface area contributed by atoms with Gasteiger partial charge in [-0.2, -0.15) is 13.2 Å². The first-order valence-electron chi connectivity index (χ1n) is 8.02. The molecule has 0 aliphatic carbocycles. The van der Waals surface area contributed by atoms with E-state index in [1.165, 1.54) is 18.3 Å². The highest BCUT2D eigenvalue weighted by Gasteiger charge is 2.29. The summed E-state index contributed by atoms with van der Waals surface area (Å²) in [4.78, 5) is 19.1. The van der Waals surface area contributed by atoms with E-state index in [0.29, 0.717) is 27.5 Å². The lowest BCUT2D eigenvalue weighted by Crippen LogP contribution is -2.07. The van der Waals surface area contributed by atoms with Crippen molar-refractivity contribution in [1.82, 2.24) is 9.97 Å². The number of fused-ring (bicyclic) bond motifs is 3. The van der Waals surface area contributed by atoms with Gasteiger partial charge in [0.1, 0.15) is 5.65 Å². The second kappa shape index (κ2) is 6.29. The lowest BCUT2D eigenvalue weighted by Gasteiger charge is -2.05. The second-order valence-corrected chi connectivity index (χ2v) is 5.91. The smallest absolute Gasteiger partial charge is 0.306 e. The van der Waals surface area contributed by atoms with Crippen LogP contribution >= 0.6 is 0 Å². The molecule has 6 heteroatoms. The Morgan fingerprint density at radius 1 is 0.889 bits per heavy atom. The predicted octanol–water partition coefficient (Wildman–Crippen LogP) is 4.49. The summed E-state index contributed by atoms with van der Waals surface area (Å²) >= 11 is 0. The summed E-state index contributed by atoms with van der Waals surface area (Å²) in [5.41, 5.74) is 0.552. The predicted molar refractivity (Wildman–Crippen MR) is 97.3 cm³/mol. The maximum absolute atomic E-state index is 12.7. The van der Waals surface area contributed by atoms with E-state index in [4.69, 9.17) is 0 Å². The highest BCUT2D eigenvalue weighted by atomic mass is 19.4. The molecular formula is C21H11F3N2O. The van der Waals surface area contributed by atoms with Crippen molar-refractivity contribution in [2.24, 2.45) is 0 Å². The van der Waals surface area contributed by atoms with Gasteiger partial charge < -0.3 is 4.98 Å². The van der Waals surface area contributed by atoms with Gasteiger partial charge >= 0.3 is 6.18 Å². The number of nitrogens with zero attached hydrogens (tertiary/aromatic N) is 1. The van der Waals surface area contributed by atoms with E-state index in [1.54, 1.807) is 18.2 Å². The van der Waals surface area contributed by atoms with Crippen molar-refractivity contribution < 1.29 is 13.2 Å². The van der Waals surface area contributed by atoms with Crippen LogP contribution in [0.1, 0.15) is 16.7 Å². The van der Waals surface area contributed by atoms with Gasteiger partial charge in [0, 0.05) is 28.1 Å². The molecule has 1 N–H and O–H groups in total. The molecule has 4 rings (SSSR count). The third kappa shape index (κ3) is 3.15. The topological polar surface area (TPSA) is 45.8 Å². The van der Waals surface area contributed by atoms with E-state index >= 15 is 0 Å². The Hall–Kier alpha value is -3.59. The first-order chi connectivity index (χ1) is 12.9. The van der Waals surface area contributed by atoms with Gasteiger partial charge in [-0.05, 0) is 41.8 Å². The molecule has 2 heterocycles. The van der Waals surface area contributed by atoms with Gasteiger partial charge in [0.2, 0.25) is 0 Å². The molecule has 0 saturated carbocycles. The molecule has 27 heavy (non-hydrogen) atoms. The molecule has 0 atom stereocenters. The zero-order chi connectivity index (χ0) is 19.0. The molecule has 0 spiro atoms. The first kappa shape index (κ1) is 16.9. The molecule has 0 amide bonds. The quantitative estimate of drug-likeness (QED) is 0.369. The molecule has 0 fully saturated rings. The number of alkyl halides is 3. The van der Waals surface area contributed by atoms with Gasteiger partial charge in [-0.15, -0.1) is 0 Å². The first-order valence-corrected chi connectivity index (χ1v) is 8.02. The molecule has 0 bridgehead atoms. The minimum atomic E-state index is -4.38. The molecule has 2 aromatic carbocycles. The lowest BCUT2D eigenvalue weighted by atomic mass is 10.0. The van der Waals surface area contributed by atoms with Crippen molar-refractivity contribution >= 4 is 21.8 Å². The number of hydrogen-bond acceptors (Lipinski definition) is 2. The van der Waals surface area contributed by atoms with E-state index in [9.17, 15) is 18.0 Å². The van der Waals surface area contributed by atoms with E-state index in [2.05, 4.69) is 21.8 Å². The summed E-state index contributed by atoms with van der Waals surface area (Å²) in [6, 6.07) is 13.5. The maximum atomic E-state index is 12.7. The van der Waals surface area contributed by atoms with Gasteiger partial charge in [0.05, 0.1) is 5.56 Å². The fourth-order valence-corrected chi connectivity index (χ4v) is 2.89. The van der Waals surface area contributed by atoms with Crippen molar-refractivity contribution in [2.75, 3.05) is 0 Å². The molecular weight excluding hydrogens is 353 g/mol. The van der Waals surface area contributed by atoms with Gasteiger partial charge in [-0.1, -0.05) is 30.0 Å². The van der Waals surface area contributed by atoms with Crippen LogP contribution in [-0.4, -0.2) is 9.97 Å². The van der Waals surface area contributed by atoms with Crippen molar-refractivity contribution in [2.45, 2.75) is 6.18 Å². The summed E-state index contributed by atoms with van der Waals surface area (Å²) in [6.45, 7) is 0. The average molecular weight is 364 g/mol. The largest absolute Gasteiger partial charge is 0.416 e. The zero-order valence-electron chi connectivity index (χ0n) is 13.8. The molecule has 132 valence electrons. The molecule has 0 aliphatic heterocycles. The molecule has 2 aromatic heterocycles. The highest BCUT2D eigenvalue weighted by molar-refractivity contribution is 6.06. The zero-order valence-corrected chi connectivity index (χ0v) is 13.8.